The Morgan fingerprint density at radius 1 is 1.61 bits per heavy atom. The number of carbonyl (C=O) groups is 1. The van der Waals surface area contributed by atoms with Crippen LogP contribution in [0.25, 0.3) is 0 Å². The number of carboxylic acid groups (broad SMARTS) is 1. The van der Waals surface area contributed by atoms with Gasteiger partial charge in [0.15, 0.2) is 0 Å². The molecular weight excluding hydrogens is 230 g/mol. The number of rotatable bonds is 5. The molecule has 5 heteroatoms. The molecule has 0 aliphatic heterocycles. The summed E-state index contributed by atoms with van der Waals surface area (Å²) in [6.07, 6.45) is 7.39. The van der Waals surface area contributed by atoms with E-state index in [9.17, 15) is 4.79 Å². The van der Waals surface area contributed by atoms with E-state index in [1.54, 1.807) is 6.20 Å². The maximum atomic E-state index is 11.0. The number of aliphatic carboxylic acids is 1. The molecule has 0 radical (unpaired) electrons. The van der Waals surface area contributed by atoms with Gasteiger partial charge in [-0.25, -0.2) is 4.98 Å². The quantitative estimate of drug-likeness (QED) is 0.834. The summed E-state index contributed by atoms with van der Waals surface area (Å²) in [5.74, 6) is 0.189. The topological polar surface area (TPSA) is 67.2 Å². The minimum Gasteiger partial charge on any atom is -0.481 e. The molecule has 2 unspecified atom stereocenters. The normalized spacial score (nSPS) is 24.1. The Labute approximate surface area is 107 Å². The first-order valence-electron chi connectivity index (χ1n) is 6.67. The van der Waals surface area contributed by atoms with E-state index in [2.05, 4.69) is 21.8 Å². The fourth-order valence-corrected chi connectivity index (χ4v) is 2.63. The molecule has 1 heterocycles. The van der Waals surface area contributed by atoms with Crippen LogP contribution in [0.1, 0.15) is 38.4 Å². The zero-order chi connectivity index (χ0) is 13.0. The van der Waals surface area contributed by atoms with Gasteiger partial charge < -0.3 is 15.0 Å². The van der Waals surface area contributed by atoms with Crippen molar-refractivity contribution >= 4 is 5.97 Å². The summed E-state index contributed by atoms with van der Waals surface area (Å²) in [4.78, 5) is 15.3. The van der Waals surface area contributed by atoms with E-state index in [-0.39, 0.29) is 5.92 Å². The predicted octanol–water partition coefficient (Wildman–Crippen LogP) is 1.64. The fraction of sp³-hybridized carbons (Fsp3) is 0.692. The van der Waals surface area contributed by atoms with Crippen LogP contribution in [-0.4, -0.2) is 26.7 Å². The number of nitrogens with zero attached hydrogens (tertiary/aromatic N) is 2. The molecule has 1 aromatic heterocycles. The molecule has 0 saturated heterocycles. The van der Waals surface area contributed by atoms with Crippen molar-refractivity contribution in [1.29, 1.82) is 0 Å². The molecule has 2 atom stereocenters. The molecule has 1 fully saturated rings. The molecule has 0 aromatic carbocycles. The smallest absolute Gasteiger partial charge is 0.306 e. The zero-order valence-corrected chi connectivity index (χ0v) is 10.8. The Morgan fingerprint density at radius 2 is 2.44 bits per heavy atom. The fourth-order valence-electron chi connectivity index (χ4n) is 2.63. The second kappa shape index (κ2) is 6.00. The van der Waals surface area contributed by atoms with E-state index in [0.717, 1.165) is 44.6 Å². The van der Waals surface area contributed by atoms with Gasteiger partial charge in [0.2, 0.25) is 0 Å². The van der Waals surface area contributed by atoms with Crippen LogP contribution in [0.3, 0.4) is 0 Å². The van der Waals surface area contributed by atoms with Crippen LogP contribution in [-0.2, 0) is 17.9 Å². The average molecular weight is 251 g/mol. The minimum atomic E-state index is -0.656. The molecule has 0 spiro atoms. The number of hydrogen-bond donors (Lipinski definition) is 2. The van der Waals surface area contributed by atoms with Crippen LogP contribution < -0.4 is 5.32 Å². The molecule has 2 rings (SSSR count). The number of aryl methyl sites for hydroxylation is 1. The molecule has 1 saturated carbocycles. The van der Waals surface area contributed by atoms with Gasteiger partial charge in [-0.3, -0.25) is 4.79 Å². The Balaban J connectivity index is 1.85. The monoisotopic (exact) mass is 251 g/mol. The van der Waals surface area contributed by atoms with Crippen molar-refractivity contribution < 1.29 is 9.90 Å². The maximum absolute atomic E-state index is 11.0. The first-order valence-corrected chi connectivity index (χ1v) is 6.67. The highest BCUT2D eigenvalue weighted by atomic mass is 16.4. The van der Waals surface area contributed by atoms with E-state index >= 15 is 0 Å². The largest absolute Gasteiger partial charge is 0.481 e. The number of hydrogen-bond acceptors (Lipinski definition) is 3. The average Bonchev–Trinajstić information content (AvgIpc) is 2.84. The van der Waals surface area contributed by atoms with Crippen LogP contribution in [0.15, 0.2) is 12.4 Å². The standard InChI is InChI=1S/C13H21N3O2/c1-2-16-7-6-14-12(16)9-15-11-5-3-4-10(8-11)13(17)18/h6-7,10-11,15H,2-5,8-9H2,1H3,(H,17,18). The van der Waals surface area contributed by atoms with Crippen LogP contribution in [0, 0.1) is 5.92 Å². The summed E-state index contributed by atoms with van der Waals surface area (Å²) in [6.45, 7) is 3.73. The summed E-state index contributed by atoms with van der Waals surface area (Å²) in [7, 11) is 0. The van der Waals surface area contributed by atoms with Crippen molar-refractivity contribution in [2.45, 2.75) is 51.7 Å². The number of nitrogens with one attached hydrogen (secondary N) is 1. The molecule has 1 aliphatic carbocycles. The summed E-state index contributed by atoms with van der Waals surface area (Å²) in [5.41, 5.74) is 0. The van der Waals surface area contributed by atoms with Crippen LogP contribution in [0.5, 0.6) is 0 Å². The number of imidazole rings is 1. The van der Waals surface area contributed by atoms with Crippen molar-refractivity contribution in [2.75, 3.05) is 0 Å². The van der Waals surface area contributed by atoms with Gasteiger partial charge in [-0.05, 0) is 26.2 Å². The van der Waals surface area contributed by atoms with Crippen molar-refractivity contribution in [3.05, 3.63) is 18.2 Å². The third-order valence-corrected chi connectivity index (χ3v) is 3.71. The van der Waals surface area contributed by atoms with Gasteiger partial charge in [0, 0.05) is 25.0 Å². The molecule has 18 heavy (non-hydrogen) atoms. The third kappa shape index (κ3) is 3.10. The van der Waals surface area contributed by atoms with E-state index in [0.29, 0.717) is 6.04 Å². The van der Waals surface area contributed by atoms with Gasteiger partial charge in [0.25, 0.3) is 0 Å². The van der Waals surface area contributed by atoms with Crippen molar-refractivity contribution in [2.24, 2.45) is 5.92 Å². The SMILES string of the molecule is CCn1ccnc1CNC1CCCC(C(=O)O)C1. The van der Waals surface area contributed by atoms with Crippen LogP contribution >= 0.6 is 0 Å². The molecule has 0 amide bonds. The van der Waals surface area contributed by atoms with Crippen molar-refractivity contribution in [3.63, 3.8) is 0 Å². The molecule has 1 aromatic rings. The van der Waals surface area contributed by atoms with Crippen LogP contribution in [0.2, 0.25) is 0 Å². The number of carboxylic acids is 1. The Kier molecular flexibility index (Phi) is 4.36. The first-order chi connectivity index (χ1) is 8.70. The predicted molar refractivity (Wildman–Crippen MR) is 68.1 cm³/mol. The third-order valence-electron chi connectivity index (χ3n) is 3.71. The minimum absolute atomic E-state index is 0.179. The van der Waals surface area contributed by atoms with E-state index in [1.807, 2.05) is 6.20 Å². The summed E-state index contributed by atoms with van der Waals surface area (Å²) < 4.78 is 2.10. The van der Waals surface area contributed by atoms with Gasteiger partial charge in [0.05, 0.1) is 12.5 Å². The van der Waals surface area contributed by atoms with Crippen molar-refractivity contribution in [1.82, 2.24) is 14.9 Å². The molecule has 2 N–H and O–H groups in total. The zero-order valence-electron chi connectivity index (χ0n) is 10.8. The van der Waals surface area contributed by atoms with Gasteiger partial charge in [-0.2, -0.15) is 0 Å². The highest BCUT2D eigenvalue weighted by Crippen LogP contribution is 2.24. The second-order valence-electron chi connectivity index (χ2n) is 4.91. The Morgan fingerprint density at radius 3 is 3.17 bits per heavy atom. The number of aromatic nitrogens is 2. The highest BCUT2D eigenvalue weighted by molar-refractivity contribution is 5.70. The second-order valence-corrected chi connectivity index (χ2v) is 4.91. The molecular formula is C13H21N3O2. The molecule has 1 aliphatic rings. The highest BCUT2D eigenvalue weighted by Gasteiger charge is 2.26. The van der Waals surface area contributed by atoms with Gasteiger partial charge in [-0.1, -0.05) is 6.42 Å². The first kappa shape index (κ1) is 13.1. The Bertz CT molecular complexity index is 403. The molecule has 100 valence electrons. The summed E-state index contributed by atoms with van der Waals surface area (Å²) >= 11 is 0. The Hall–Kier alpha value is -1.36. The van der Waals surface area contributed by atoms with E-state index < -0.39 is 5.97 Å². The lowest BCUT2D eigenvalue weighted by molar-refractivity contribution is -0.143. The lowest BCUT2D eigenvalue weighted by Crippen LogP contribution is -2.36. The van der Waals surface area contributed by atoms with Crippen LogP contribution in [0.4, 0.5) is 0 Å². The lowest BCUT2D eigenvalue weighted by atomic mass is 9.86. The maximum Gasteiger partial charge on any atom is 0.306 e. The van der Waals surface area contributed by atoms with Gasteiger partial charge in [-0.15, -0.1) is 0 Å². The summed E-state index contributed by atoms with van der Waals surface area (Å²) in [5, 5.41) is 12.5. The van der Waals surface area contributed by atoms with Gasteiger partial charge in [0.1, 0.15) is 5.82 Å². The van der Waals surface area contributed by atoms with E-state index in [1.165, 1.54) is 0 Å². The summed E-state index contributed by atoms with van der Waals surface area (Å²) in [6, 6.07) is 0.307. The molecule has 5 nitrogen and oxygen atoms in total. The molecule has 0 bridgehead atoms. The van der Waals surface area contributed by atoms with E-state index in [4.69, 9.17) is 5.11 Å². The van der Waals surface area contributed by atoms with Gasteiger partial charge >= 0.3 is 5.97 Å². The lowest BCUT2D eigenvalue weighted by Gasteiger charge is -2.27. The van der Waals surface area contributed by atoms with Crippen molar-refractivity contribution in [3.8, 4) is 0 Å².